The molecule has 0 unspecified atom stereocenters. The fourth-order valence-electron chi connectivity index (χ4n) is 1.63. The highest BCUT2D eigenvalue weighted by atomic mass is 16.6. The maximum absolute atomic E-state index is 9.71. The Morgan fingerprint density at radius 1 is 1.24 bits per heavy atom. The molecule has 1 saturated heterocycles. The summed E-state index contributed by atoms with van der Waals surface area (Å²) in [7, 11) is 0. The van der Waals surface area contributed by atoms with Crippen LogP contribution in [0.25, 0.3) is 0 Å². The third-order valence-electron chi connectivity index (χ3n) is 2.49. The molecule has 8 nitrogen and oxygen atoms in total. The van der Waals surface area contributed by atoms with Gasteiger partial charge in [0, 0.05) is 4.81 Å². The Morgan fingerprint density at radius 2 is 1.82 bits per heavy atom. The summed E-state index contributed by atoms with van der Waals surface area (Å²) >= 11 is 0. The number of rotatable bonds is 3. The second-order valence-electron chi connectivity index (χ2n) is 4.31. The number of nitrogens with two attached hydrogens (primary N) is 1. The molecule has 0 bridgehead atoms. The van der Waals surface area contributed by atoms with Gasteiger partial charge in [-0.3, -0.25) is 0 Å². The van der Waals surface area contributed by atoms with Gasteiger partial charge in [0.1, 0.15) is 24.4 Å². The standard InChI is InChI=1S/C9H20N3O5/c1-4(2)11-12(10)9-8(16)7(15)6(14)5(3-13)17-9/h4-9,13-16H,3H2,1-2H3,(H2,10,11)/q+1/t5-,6-,7+,8-,9-/m1/s1. The van der Waals surface area contributed by atoms with E-state index in [0.717, 1.165) is 4.81 Å². The van der Waals surface area contributed by atoms with E-state index in [9.17, 15) is 15.3 Å². The molecule has 0 aromatic rings. The molecule has 0 aromatic carbocycles. The van der Waals surface area contributed by atoms with E-state index >= 15 is 0 Å². The van der Waals surface area contributed by atoms with Crippen LogP contribution in [0.4, 0.5) is 0 Å². The lowest BCUT2D eigenvalue weighted by molar-refractivity contribution is -0.699. The van der Waals surface area contributed by atoms with Crippen LogP contribution in [0.1, 0.15) is 13.8 Å². The van der Waals surface area contributed by atoms with Gasteiger partial charge in [-0.15, -0.1) is 0 Å². The van der Waals surface area contributed by atoms with Gasteiger partial charge in [0.25, 0.3) is 0 Å². The maximum atomic E-state index is 9.71. The Labute approximate surface area is 98.9 Å². The molecule has 17 heavy (non-hydrogen) atoms. The number of hydrogen-bond acceptors (Lipinski definition) is 6. The van der Waals surface area contributed by atoms with E-state index in [1.165, 1.54) is 0 Å². The summed E-state index contributed by atoms with van der Waals surface area (Å²) in [6, 6.07) is -0.118. The van der Waals surface area contributed by atoms with Crippen molar-refractivity contribution in [1.29, 1.82) is 0 Å². The molecule has 0 spiro atoms. The van der Waals surface area contributed by atoms with Crippen LogP contribution in [0.2, 0.25) is 0 Å². The van der Waals surface area contributed by atoms with Gasteiger partial charge in [0.05, 0.1) is 6.61 Å². The molecule has 8 heteroatoms. The molecule has 0 radical (unpaired) electrons. The first-order chi connectivity index (χ1) is 7.88. The molecule has 0 saturated carbocycles. The first-order valence-electron chi connectivity index (χ1n) is 5.43. The molecule has 100 valence electrons. The largest absolute Gasteiger partial charge is 0.394 e. The van der Waals surface area contributed by atoms with E-state index in [0.29, 0.717) is 0 Å². The van der Waals surface area contributed by atoms with Gasteiger partial charge < -0.3 is 25.2 Å². The number of aliphatic hydroxyl groups is 4. The average molecular weight is 250 g/mol. The predicted octanol–water partition coefficient (Wildman–Crippen LogP) is -2.47. The van der Waals surface area contributed by atoms with E-state index in [4.69, 9.17) is 15.7 Å². The highest BCUT2D eigenvalue weighted by Crippen LogP contribution is 2.21. The van der Waals surface area contributed by atoms with E-state index in [-0.39, 0.29) is 6.04 Å². The quantitative estimate of drug-likeness (QED) is 0.163. The number of hydrazine groups is 1. The van der Waals surface area contributed by atoms with E-state index in [2.05, 4.69) is 5.11 Å². The SMILES string of the molecule is CC(C)N=[N+](N)[C@@H]1O[C@H](CO)[C@@H](O)[C@H](O)[C@H]1O. The monoisotopic (exact) mass is 250 g/mol. The number of ether oxygens (including phenoxy) is 1. The first-order valence-corrected chi connectivity index (χ1v) is 5.43. The van der Waals surface area contributed by atoms with Crippen molar-refractivity contribution >= 4 is 0 Å². The summed E-state index contributed by atoms with van der Waals surface area (Å²) in [5, 5.41) is 41.7. The number of aliphatic hydroxyl groups excluding tert-OH is 4. The lowest BCUT2D eigenvalue weighted by Gasteiger charge is -2.35. The first kappa shape index (κ1) is 14.3. The Hall–Kier alpha value is -0.800. The highest BCUT2D eigenvalue weighted by molar-refractivity contribution is 4.88. The fourth-order valence-corrected chi connectivity index (χ4v) is 1.63. The Balaban J connectivity index is 2.85. The molecule has 1 aliphatic heterocycles. The molecule has 0 amide bonds. The summed E-state index contributed by atoms with van der Waals surface area (Å²) in [6.45, 7) is 3.07. The van der Waals surface area contributed by atoms with E-state index in [1.54, 1.807) is 13.8 Å². The molecule has 1 rings (SSSR count). The minimum atomic E-state index is -1.45. The molecule has 6 N–H and O–H groups in total. The molecule has 1 fully saturated rings. The van der Waals surface area contributed by atoms with Crippen LogP contribution in [0.15, 0.2) is 5.11 Å². The van der Waals surface area contributed by atoms with Gasteiger partial charge in [-0.1, -0.05) is 0 Å². The maximum Gasteiger partial charge on any atom is 0.340 e. The van der Waals surface area contributed by atoms with Crippen LogP contribution < -0.4 is 5.84 Å². The van der Waals surface area contributed by atoms with Crippen LogP contribution in [-0.2, 0) is 4.74 Å². The van der Waals surface area contributed by atoms with Gasteiger partial charge in [-0.05, 0) is 19.0 Å². The zero-order chi connectivity index (χ0) is 13.2. The molecule has 1 heterocycles. The Kier molecular flexibility index (Phi) is 4.78. The lowest BCUT2D eigenvalue weighted by atomic mass is 9.98. The number of nitrogens with zero attached hydrogens (tertiary/aromatic N) is 2. The van der Waals surface area contributed by atoms with Gasteiger partial charge >= 0.3 is 6.23 Å². The van der Waals surface area contributed by atoms with Gasteiger partial charge in [0.2, 0.25) is 0 Å². The van der Waals surface area contributed by atoms with Crippen LogP contribution >= 0.6 is 0 Å². The van der Waals surface area contributed by atoms with Gasteiger partial charge in [-0.25, -0.2) is 0 Å². The molecular weight excluding hydrogens is 230 g/mol. The topological polar surface area (TPSA) is 132 Å². The van der Waals surface area contributed by atoms with Gasteiger partial charge in [-0.2, -0.15) is 5.84 Å². The summed E-state index contributed by atoms with van der Waals surface area (Å²) in [5.41, 5.74) is 0. The third kappa shape index (κ3) is 3.11. The highest BCUT2D eigenvalue weighted by Gasteiger charge is 2.49. The Bertz CT molecular complexity index is 284. The lowest BCUT2D eigenvalue weighted by Crippen LogP contribution is -2.62. The van der Waals surface area contributed by atoms with Crippen molar-refractivity contribution in [3.8, 4) is 0 Å². The zero-order valence-electron chi connectivity index (χ0n) is 9.84. The van der Waals surface area contributed by atoms with Crippen LogP contribution in [-0.4, -0.2) is 68.5 Å². The van der Waals surface area contributed by atoms with Gasteiger partial charge in [0.15, 0.2) is 6.10 Å². The third-order valence-corrected chi connectivity index (χ3v) is 2.49. The smallest absolute Gasteiger partial charge is 0.340 e. The summed E-state index contributed by atoms with van der Waals surface area (Å²) in [5.74, 6) is 5.57. The van der Waals surface area contributed by atoms with Crippen molar-refractivity contribution in [1.82, 2.24) is 0 Å². The molecule has 0 aromatic heterocycles. The zero-order valence-corrected chi connectivity index (χ0v) is 9.84. The molecule has 5 atom stereocenters. The van der Waals surface area contributed by atoms with Crippen molar-refractivity contribution in [2.75, 3.05) is 6.61 Å². The van der Waals surface area contributed by atoms with Crippen molar-refractivity contribution in [2.45, 2.75) is 50.5 Å². The minimum Gasteiger partial charge on any atom is -0.394 e. The second-order valence-corrected chi connectivity index (χ2v) is 4.31. The van der Waals surface area contributed by atoms with E-state index < -0.39 is 37.3 Å². The average Bonchev–Trinajstić information content (AvgIpc) is 2.25. The summed E-state index contributed by atoms with van der Waals surface area (Å²) in [6.07, 6.45) is -6.32. The van der Waals surface area contributed by atoms with Crippen molar-refractivity contribution < 1.29 is 30.0 Å². The van der Waals surface area contributed by atoms with E-state index in [1.807, 2.05) is 0 Å². The van der Waals surface area contributed by atoms with Crippen LogP contribution in [0.3, 0.4) is 0 Å². The second kappa shape index (κ2) is 5.69. The van der Waals surface area contributed by atoms with Crippen molar-refractivity contribution in [3.05, 3.63) is 0 Å². The predicted molar refractivity (Wildman–Crippen MR) is 55.8 cm³/mol. The Morgan fingerprint density at radius 3 is 2.29 bits per heavy atom. The minimum absolute atomic E-state index is 0.118. The summed E-state index contributed by atoms with van der Waals surface area (Å²) < 4.78 is 5.19. The van der Waals surface area contributed by atoms with Crippen LogP contribution in [0, 0.1) is 0 Å². The number of azo groups is 1. The summed E-state index contributed by atoms with van der Waals surface area (Å²) in [4.78, 5) is 0.896. The molecule has 0 aliphatic carbocycles. The van der Waals surface area contributed by atoms with Crippen molar-refractivity contribution in [2.24, 2.45) is 11.0 Å². The molecular formula is C9H20N3O5+. The number of hydrogen-bond donors (Lipinski definition) is 5. The van der Waals surface area contributed by atoms with Crippen molar-refractivity contribution in [3.63, 3.8) is 0 Å². The normalized spacial score (nSPS) is 39.7. The molecule has 1 aliphatic rings. The fraction of sp³-hybridized carbons (Fsp3) is 1.00. The van der Waals surface area contributed by atoms with Crippen LogP contribution in [0.5, 0.6) is 0 Å².